The smallest absolute Gasteiger partial charge is 0.265 e. The van der Waals surface area contributed by atoms with Crippen LogP contribution in [0.25, 0.3) is 15.3 Å². The molecule has 1 N–H and O–H groups in total. The Balaban J connectivity index is 1.36. The Kier molecular flexibility index (Phi) is 3.46. The lowest BCUT2D eigenvalue weighted by molar-refractivity contribution is 0.103. The summed E-state index contributed by atoms with van der Waals surface area (Å²) in [6.45, 7) is 2.12. The van der Waals surface area contributed by atoms with Crippen molar-refractivity contribution < 1.29 is 4.79 Å². The summed E-state index contributed by atoms with van der Waals surface area (Å²) < 4.78 is 2.01. The second-order valence-electron chi connectivity index (χ2n) is 6.02. The second kappa shape index (κ2) is 5.82. The number of thiazole rings is 1. The Labute approximate surface area is 151 Å². The summed E-state index contributed by atoms with van der Waals surface area (Å²) in [5, 5.41) is 4.92. The number of imidazole rings is 1. The fourth-order valence-electron chi connectivity index (χ4n) is 3.15. The van der Waals surface area contributed by atoms with Gasteiger partial charge in [-0.15, -0.1) is 22.7 Å². The van der Waals surface area contributed by atoms with Crippen LogP contribution in [0.1, 0.15) is 22.5 Å². The van der Waals surface area contributed by atoms with Gasteiger partial charge in [0.25, 0.3) is 5.91 Å². The van der Waals surface area contributed by atoms with Crippen molar-refractivity contribution in [3.05, 3.63) is 40.8 Å². The van der Waals surface area contributed by atoms with Crippen LogP contribution in [0.2, 0.25) is 0 Å². The Morgan fingerprint density at radius 2 is 2.12 bits per heavy atom. The van der Waals surface area contributed by atoms with Gasteiger partial charge in [-0.2, -0.15) is 0 Å². The van der Waals surface area contributed by atoms with Crippen LogP contribution in [-0.2, 0) is 0 Å². The van der Waals surface area contributed by atoms with Crippen molar-refractivity contribution in [1.82, 2.24) is 14.4 Å². The van der Waals surface area contributed by atoms with Crippen LogP contribution in [-0.4, -0.2) is 33.4 Å². The summed E-state index contributed by atoms with van der Waals surface area (Å²) in [5.41, 5.74) is 1.69. The number of carbonyl (C=O) groups excluding carboxylic acids is 1. The normalized spacial score (nSPS) is 14.6. The Bertz CT molecular complexity index is 1060. The van der Waals surface area contributed by atoms with Crippen LogP contribution < -0.4 is 10.2 Å². The van der Waals surface area contributed by atoms with E-state index in [-0.39, 0.29) is 5.91 Å². The molecule has 5 rings (SSSR count). The molecule has 126 valence electrons. The predicted octanol–water partition coefficient (Wildman–Crippen LogP) is 3.86. The largest absolute Gasteiger partial charge is 0.357 e. The first kappa shape index (κ1) is 14.9. The van der Waals surface area contributed by atoms with Crippen LogP contribution in [0.5, 0.6) is 0 Å². The first-order chi connectivity index (χ1) is 12.3. The molecular formula is C17H15N5OS2. The number of hydrogen-bond donors (Lipinski definition) is 1. The van der Waals surface area contributed by atoms with E-state index >= 15 is 0 Å². The summed E-state index contributed by atoms with van der Waals surface area (Å²) in [6, 6.07) is 5.78. The molecule has 4 aromatic rings. The van der Waals surface area contributed by atoms with E-state index in [0.29, 0.717) is 10.6 Å². The molecule has 5 heterocycles. The van der Waals surface area contributed by atoms with Crippen molar-refractivity contribution in [2.24, 2.45) is 0 Å². The van der Waals surface area contributed by atoms with E-state index in [0.717, 1.165) is 34.2 Å². The number of fused-ring (bicyclic) bond motifs is 3. The van der Waals surface area contributed by atoms with Crippen molar-refractivity contribution >= 4 is 55.4 Å². The van der Waals surface area contributed by atoms with E-state index in [4.69, 9.17) is 0 Å². The van der Waals surface area contributed by atoms with E-state index < -0.39 is 0 Å². The molecule has 1 aliphatic rings. The van der Waals surface area contributed by atoms with Gasteiger partial charge in [0.15, 0.2) is 4.96 Å². The molecule has 1 fully saturated rings. The number of amides is 1. The van der Waals surface area contributed by atoms with Crippen molar-refractivity contribution in [3.63, 3.8) is 0 Å². The molecule has 1 saturated heterocycles. The molecule has 0 unspecified atom stereocenters. The first-order valence-corrected chi connectivity index (χ1v) is 9.85. The topological polar surface area (TPSA) is 62.5 Å². The minimum Gasteiger partial charge on any atom is -0.357 e. The molecule has 25 heavy (non-hydrogen) atoms. The Morgan fingerprint density at radius 1 is 1.24 bits per heavy atom. The number of anilines is 2. The number of hydrogen-bond acceptors (Lipinski definition) is 6. The van der Waals surface area contributed by atoms with Crippen LogP contribution in [0.4, 0.5) is 11.5 Å². The molecular weight excluding hydrogens is 354 g/mol. The van der Waals surface area contributed by atoms with Gasteiger partial charge in [0.05, 0.1) is 22.3 Å². The predicted molar refractivity (Wildman–Crippen MR) is 102 cm³/mol. The van der Waals surface area contributed by atoms with Gasteiger partial charge < -0.3 is 10.2 Å². The van der Waals surface area contributed by atoms with E-state index in [1.54, 1.807) is 17.5 Å². The number of carbonyl (C=O) groups is 1. The van der Waals surface area contributed by atoms with Gasteiger partial charge in [0.1, 0.15) is 10.6 Å². The van der Waals surface area contributed by atoms with Crippen LogP contribution >= 0.6 is 22.7 Å². The molecule has 6 nitrogen and oxygen atoms in total. The van der Waals surface area contributed by atoms with Crippen molar-refractivity contribution in [2.45, 2.75) is 12.8 Å². The fourth-order valence-corrected chi connectivity index (χ4v) is 4.84. The standard InChI is InChI=1S/C17H15N5OS2/c23-15(13-9-12-16(25-13)20-17-22(12)7-8-24-17)19-11-3-4-14(18-10-11)21-5-1-2-6-21/h3-4,7-10H,1-2,5-6H2,(H,19,23). The highest BCUT2D eigenvalue weighted by Gasteiger charge is 2.16. The third kappa shape index (κ3) is 2.58. The Morgan fingerprint density at radius 3 is 2.92 bits per heavy atom. The second-order valence-corrected chi connectivity index (χ2v) is 7.93. The number of aromatic nitrogens is 3. The van der Waals surface area contributed by atoms with Crippen LogP contribution in [0, 0.1) is 0 Å². The zero-order valence-corrected chi connectivity index (χ0v) is 14.9. The minimum atomic E-state index is -0.122. The molecule has 0 atom stereocenters. The maximum Gasteiger partial charge on any atom is 0.265 e. The molecule has 1 aliphatic heterocycles. The molecule has 0 spiro atoms. The number of thiophene rings is 1. The lowest BCUT2D eigenvalue weighted by atomic mass is 10.3. The lowest BCUT2D eigenvalue weighted by Gasteiger charge is -2.16. The van der Waals surface area contributed by atoms with Gasteiger partial charge in [-0.1, -0.05) is 0 Å². The third-order valence-corrected chi connectivity index (χ3v) is 6.17. The quantitative estimate of drug-likeness (QED) is 0.596. The van der Waals surface area contributed by atoms with Crippen LogP contribution in [0.3, 0.4) is 0 Å². The molecule has 8 heteroatoms. The zero-order chi connectivity index (χ0) is 16.8. The lowest BCUT2D eigenvalue weighted by Crippen LogP contribution is -2.19. The number of rotatable bonds is 3. The van der Waals surface area contributed by atoms with Crippen molar-refractivity contribution in [2.75, 3.05) is 23.3 Å². The Hall–Kier alpha value is -2.45. The summed E-state index contributed by atoms with van der Waals surface area (Å²) in [7, 11) is 0. The summed E-state index contributed by atoms with van der Waals surface area (Å²) in [5.74, 6) is 0.855. The zero-order valence-electron chi connectivity index (χ0n) is 13.3. The monoisotopic (exact) mass is 369 g/mol. The van der Waals surface area contributed by atoms with Gasteiger partial charge in [-0.25, -0.2) is 9.97 Å². The molecule has 4 aromatic heterocycles. The summed E-state index contributed by atoms with van der Waals surface area (Å²) in [6.07, 6.45) is 6.14. The third-order valence-electron chi connectivity index (χ3n) is 4.40. The number of pyridine rings is 1. The van der Waals surface area contributed by atoms with E-state index in [1.165, 1.54) is 24.2 Å². The maximum atomic E-state index is 12.5. The van der Waals surface area contributed by atoms with Crippen molar-refractivity contribution in [3.8, 4) is 0 Å². The molecule has 0 radical (unpaired) electrons. The van der Waals surface area contributed by atoms with Crippen molar-refractivity contribution in [1.29, 1.82) is 0 Å². The average molecular weight is 369 g/mol. The SMILES string of the molecule is O=C(Nc1ccc(N2CCCC2)nc1)c1cc2c(nc3sccn32)s1. The van der Waals surface area contributed by atoms with Gasteiger partial charge >= 0.3 is 0 Å². The van der Waals surface area contributed by atoms with E-state index in [9.17, 15) is 4.79 Å². The number of nitrogens with zero attached hydrogens (tertiary/aromatic N) is 4. The molecule has 0 bridgehead atoms. The summed E-state index contributed by atoms with van der Waals surface area (Å²) in [4.78, 5) is 26.3. The highest BCUT2D eigenvalue weighted by atomic mass is 32.1. The van der Waals surface area contributed by atoms with Gasteiger partial charge in [0, 0.05) is 24.7 Å². The molecule has 0 aromatic carbocycles. The number of nitrogens with one attached hydrogen (secondary N) is 1. The minimum absolute atomic E-state index is 0.122. The maximum absolute atomic E-state index is 12.5. The molecule has 1 amide bonds. The first-order valence-electron chi connectivity index (χ1n) is 8.15. The van der Waals surface area contributed by atoms with E-state index in [1.807, 2.05) is 34.2 Å². The van der Waals surface area contributed by atoms with E-state index in [2.05, 4.69) is 20.2 Å². The van der Waals surface area contributed by atoms with Crippen LogP contribution in [0.15, 0.2) is 36.0 Å². The van der Waals surface area contributed by atoms with Gasteiger partial charge in [-0.3, -0.25) is 9.20 Å². The molecule has 0 saturated carbocycles. The van der Waals surface area contributed by atoms with Gasteiger partial charge in [-0.05, 0) is 31.0 Å². The fraction of sp³-hybridized carbons (Fsp3) is 0.235. The highest BCUT2D eigenvalue weighted by Crippen LogP contribution is 2.29. The van der Waals surface area contributed by atoms with Gasteiger partial charge in [0.2, 0.25) is 0 Å². The summed E-state index contributed by atoms with van der Waals surface area (Å²) >= 11 is 3.00. The molecule has 0 aliphatic carbocycles. The highest BCUT2D eigenvalue weighted by molar-refractivity contribution is 7.21. The average Bonchev–Trinajstić information content (AvgIpc) is 3.37.